The van der Waals surface area contributed by atoms with Crippen LogP contribution in [0.4, 0.5) is 0 Å². The number of nitrogens with zero attached hydrogens (tertiary/aromatic N) is 2. The van der Waals surface area contributed by atoms with Gasteiger partial charge in [0, 0.05) is 13.1 Å². The molecule has 1 aliphatic rings. The fraction of sp³-hybridized carbons (Fsp3) is 0.800. The number of nitriles is 1. The second-order valence-corrected chi connectivity index (χ2v) is 4.38. The molecule has 0 N–H and O–H groups in total. The molecule has 1 atom stereocenters. The zero-order valence-corrected chi connectivity index (χ0v) is 8.50. The monoisotopic (exact) mass is 180 g/mol. The van der Waals surface area contributed by atoms with Crippen molar-refractivity contribution >= 4 is 5.91 Å². The highest BCUT2D eigenvalue weighted by atomic mass is 16.2. The van der Waals surface area contributed by atoms with Crippen molar-refractivity contribution in [3.63, 3.8) is 0 Å². The SMILES string of the molecule is C[C@H]1CCN(C(=O)C(C)(C)C#N)C1. The van der Waals surface area contributed by atoms with Crippen molar-refractivity contribution in [1.82, 2.24) is 4.90 Å². The van der Waals surface area contributed by atoms with E-state index in [1.54, 1.807) is 18.7 Å². The Kier molecular flexibility index (Phi) is 2.60. The Morgan fingerprint density at radius 3 is 2.62 bits per heavy atom. The third-order valence-corrected chi connectivity index (χ3v) is 2.53. The summed E-state index contributed by atoms with van der Waals surface area (Å²) in [6.45, 7) is 7.11. The summed E-state index contributed by atoms with van der Waals surface area (Å²) < 4.78 is 0. The number of carbonyl (C=O) groups excluding carboxylic acids is 1. The summed E-state index contributed by atoms with van der Waals surface area (Å²) in [5.41, 5.74) is -0.857. The summed E-state index contributed by atoms with van der Waals surface area (Å²) in [5.74, 6) is 0.554. The van der Waals surface area contributed by atoms with Gasteiger partial charge in [-0.15, -0.1) is 0 Å². The van der Waals surface area contributed by atoms with Gasteiger partial charge in [-0.05, 0) is 26.2 Å². The molecule has 0 aromatic heterocycles. The Labute approximate surface area is 79.3 Å². The van der Waals surface area contributed by atoms with Gasteiger partial charge in [0.1, 0.15) is 5.41 Å². The number of amides is 1. The molecule has 0 aliphatic carbocycles. The molecule has 0 bridgehead atoms. The van der Waals surface area contributed by atoms with E-state index in [1.807, 2.05) is 6.07 Å². The first kappa shape index (κ1) is 10.0. The van der Waals surface area contributed by atoms with Gasteiger partial charge in [-0.2, -0.15) is 5.26 Å². The van der Waals surface area contributed by atoms with E-state index in [0.717, 1.165) is 19.5 Å². The van der Waals surface area contributed by atoms with E-state index >= 15 is 0 Å². The molecule has 1 fully saturated rings. The van der Waals surface area contributed by atoms with Gasteiger partial charge in [-0.3, -0.25) is 4.79 Å². The molecule has 0 saturated carbocycles. The van der Waals surface area contributed by atoms with Crippen molar-refractivity contribution in [2.24, 2.45) is 11.3 Å². The van der Waals surface area contributed by atoms with Crippen LogP contribution in [-0.2, 0) is 4.79 Å². The third-order valence-electron chi connectivity index (χ3n) is 2.53. The van der Waals surface area contributed by atoms with E-state index in [0.29, 0.717) is 5.92 Å². The lowest BCUT2D eigenvalue weighted by atomic mass is 9.94. The molecule has 1 rings (SSSR count). The second kappa shape index (κ2) is 3.37. The average molecular weight is 180 g/mol. The molecular formula is C10H16N2O. The van der Waals surface area contributed by atoms with Crippen LogP contribution in [0.15, 0.2) is 0 Å². The summed E-state index contributed by atoms with van der Waals surface area (Å²) >= 11 is 0. The maximum absolute atomic E-state index is 11.7. The van der Waals surface area contributed by atoms with Gasteiger partial charge in [0.05, 0.1) is 6.07 Å². The first-order chi connectivity index (χ1) is 5.97. The third kappa shape index (κ3) is 2.00. The van der Waals surface area contributed by atoms with Crippen LogP contribution in [0.1, 0.15) is 27.2 Å². The fourth-order valence-corrected chi connectivity index (χ4v) is 1.56. The van der Waals surface area contributed by atoms with Crippen LogP contribution in [0.25, 0.3) is 0 Å². The van der Waals surface area contributed by atoms with Gasteiger partial charge in [-0.25, -0.2) is 0 Å². The topological polar surface area (TPSA) is 44.1 Å². The first-order valence-electron chi connectivity index (χ1n) is 4.68. The van der Waals surface area contributed by atoms with Crippen LogP contribution >= 0.6 is 0 Å². The van der Waals surface area contributed by atoms with E-state index in [1.165, 1.54) is 0 Å². The average Bonchev–Trinajstić information content (AvgIpc) is 2.50. The van der Waals surface area contributed by atoms with E-state index in [9.17, 15) is 4.79 Å². The summed E-state index contributed by atoms with van der Waals surface area (Å²) in [6.07, 6.45) is 1.06. The highest BCUT2D eigenvalue weighted by Gasteiger charge is 2.34. The lowest BCUT2D eigenvalue weighted by Crippen LogP contribution is -2.38. The molecule has 3 nitrogen and oxygen atoms in total. The van der Waals surface area contributed by atoms with E-state index in [4.69, 9.17) is 5.26 Å². The Morgan fingerprint density at radius 2 is 2.23 bits per heavy atom. The molecule has 0 radical (unpaired) electrons. The molecular weight excluding hydrogens is 164 g/mol. The molecule has 72 valence electrons. The second-order valence-electron chi connectivity index (χ2n) is 4.38. The summed E-state index contributed by atoms with van der Waals surface area (Å²) in [7, 11) is 0. The van der Waals surface area contributed by atoms with Crippen LogP contribution in [-0.4, -0.2) is 23.9 Å². The minimum Gasteiger partial charge on any atom is -0.341 e. The minimum absolute atomic E-state index is 0.0284. The zero-order chi connectivity index (χ0) is 10.1. The molecule has 0 unspecified atom stereocenters. The standard InChI is InChI=1S/C10H16N2O/c1-8-4-5-12(6-8)9(13)10(2,3)7-11/h8H,4-6H2,1-3H3/t8-/m0/s1. The number of hydrogen-bond acceptors (Lipinski definition) is 2. The van der Waals surface area contributed by atoms with Crippen LogP contribution < -0.4 is 0 Å². The molecule has 0 aromatic rings. The molecule has 1 amide bonds. The smallest absolute Gasteiger partial charge is 0.242 e. The van der Waals surface area contributed by atoms with Crippen molar-refractivity contribution in [3.05, 3.63) is 0 Å². The van der Waals surface area contributed by atoms with Crippen molar-refractivity contribution in [3.8, 4) is 6.07 Å². The highest BCUT2D eigenvalue weighted by molar-refractivity contribution is 5.84. The zero-order valence-electron chi connectivity index (χ0n) is 8.50. The van der Waals surface area contributed by atoms with E-state index < -0.39 is 5.41 Å². The summed E-state index contributed by atoms with van der Waals surface area (Å²) in [6, 6.07) is 2.04. The van der Waals surface area contributed by atoms with Crippen molar-refractivity contribution in [2.75, 3.05) is 13.1 Å². The quantitative estimate of drug-likeness (QED) is 0.612. The van der Waals surface area contributed by atoms with Crippen molar-refractivity contribution in [2.45, 2.75) is 27.2 Å². The maximum atomic E-state index is 11.7. The van der Waals surface area contributed by atoms with Crippen LogP contribution in [0.3, 0.4) is 0 Å². The molecule has 3 heteroatoms. The lowest BCUT2D eigenvalue weighted by Gasteiger charge is -2.23. The van der Waals surface area contributed by atoms with E-state index in [2.05, 4.69) is 6.92 Å². The predicted molar refractivity (Wildman–Crippen MR) is 49.8 cm³/mol. The van der Waals surface area contributed by atoms with Crippen molar-refractivity contribution < 1.29 is 4.79 Å². The molecule has 1 heterocycles. The maximum Gasteiger partial charge on any atom is 0.242 e. The van der Waals surface area contributed by atoms with Crippen LogP contribution in [0, 0.1) is 22.7 Å². The Morgan fingerprint density at radius 1 is 1.62 bits per heavy atom. The van der Waals surface area contributed by atoms with Crippen LogP contribution in [0.5, 0.6) is 0 Å². The normalized spacial score (nSPS) is 22.9. The number of carbonyl (C=O) groups is 1. The van der Waals surface area contributed by atoms with E-state index in [-0.39, 0.29) is 5.91 Å². The summed E-state index contributed by atoms with van der Waals surface area (Å²) in [5, 5.41) is 8.79. The predicted octanol–water partition coefficient (Wildman–Crippen LogP) is 1.40. The largest absolute Gasteiger partial charge is 0.341 e. The minimum atomic E-state index is -0.857. The van der Waals surface area contributed by atoms with Crippen molar-refractivity contribution in [1.29, 1.82) is 5.26 Å². The van der Waals surface area contributed by atoms with Gasteiger partial charge in [-0.1, -0.05) is 6.92 Å². The molecule has 13 heavy (non-hydrogen) atoms. The number of rotatable bonds is 1. The Balaban J connectivity index is 2.65. The van der Waals surface area contributed by atoms with Gasteiger partial charge in [0.15, 0.2) is 0 Å². The Hall–Kier alpha value is -1.04. The van der Waals surface area contributed by atoms with Gasteiger partial charge in [0.25, 0.3) is 0 Å². The van der Waals surface area contributed by atoms with Gasteiger partial charge >= 0.3 is 0 Å². The van der Waals surface area contributed by atoms with Gasteiger partial charge in [0.2, 0.25) is 5.91 Å². The molecule has 1 aliphatic heterocycles. The molecule has 0 spiro atoms. The van der Waals surface area contributed by atoms with Gasteiger partial charge < -0.3 is 4.90 Å². The molecule has 1 saturated heterocycles. The van der Waals surface area contributed by atoms with Crippen LogP contribution in [0.2, 0.25) is 0 Å². The number of likely N-dealkylation sites (tertiary alicyclic amines) is 1. The fourth-order valence-electron chi connectivity index (χ4n) is 1.56. The highest BCUT2D eigenvalue weighted by Crippen LogP contribution is 2.23. The first-order valence-corrected chi connectivity index (χ1v) is 4.68. The lowest BCUT2D eigenvalue weighted by molar-refractivity contribution is -0.136. The number of hydrogen-bond donors (Lipinski definition) is 0. The molecule has 0 aromatic carbocycles. The Bertz CT molecular complexity index is 252. The summed E-state index contributed by atoms with van der Waals surface area (Å²) in [4.78, 5) is 13.5.